The Morgan fingerprint density at radius 2 is 2.08 bits per heavy atom. The first-order chi connectivity index (χ1) is 12.0. The first-order valence-electron chi connectivity index (χ1n) is 8.32. The van der Waals surface area contributed by atoms with Crippen LogP contribution < -0.4 is 19.7 Å². The second-order valence-corrected chi connectivity index (χ2v) is 6.86. The molecular weight excluding hydrogens is 340 g/mol. The number of hydrogen-bond acceptors (Lipinski definition) is 3. The Labute approximate surface area is 151 Å². The zero-order valence-corrected chi connectivity index (χ0v) is 14.8. The molecule has 1 saturated heterocycles. The molecule has 0 unspecified atom stereocenters. The third kappa shape index (κ3) is 2.68. The highest BCUT2D eigenvalue weighted by atomic mass is 35.5. The summed E-state index contributed by atoms with van der Waals surface area (Å²) in [6, 6.07) is 12.7. The second kappa shape index (κ2) is 5.85. The van der Waals surface area contributed by atoms with E-state index in [1.54, 1.807) is 11.0 Å². The molecule has 1 fully saturated rings. The third-order valence-corrected chi connectivity index (χ3v) is 4.87. The van der Waals surface area contributed by atoms with Crippen molar-refractivity contribution in [1.29, 1.82) is 0 Å². The van der Waals surface area contributed by atoms with E-state index >= 15 is 0 Å². The van der Waals surface area contributed by atoms with Gasteiger partial charge in [0, 0.05) is 22.7 Å². The van der Waals surface area contributed by atoms with E-state index in [4.69, 9.17) is 21.1 Å². The molecule has 0 spiro atoms. The first kappa shape index (κ1) is 16.1. The van der Waals surface area contributed by atoms with Crippen LogP contribution in [0.3, 0.4) is 0 Å². The summed E-state index contributed by atoms with van der Waals surface area (Å²) >= 11 is 6.10. The van der Waals surface area contributed by atoms with Crippen molar-refractivity contribution >= 4 is 23.3 Å². The Hall–Kier alpha value is -2.40. The molecule has 25 heavy (non-hydrogen) atoms. The van der Waals surface area contributed by atoms with E-state index in [2.05, 4.69) is 5.32 Å². The fourth-order valence-electron chi connectivity index (χ4n) is 3.59. The summed E-state index contributed by atoms with van der Waals surface area (Å²) < 4.78 is 11.7. The molecule has 2 heterocycles. The third-order valence-electron chi connectivity index (χ3n) is 4.64. The van der Waals surface area contributed by atoms with Crippen LogP contribution in [0.1, 0.15) is 31.9 Å². The minimum atomic E-state index is -0.763. The van der Waals surface area contributed by atoms with E-state index in [0.717, 1.165) is 22.7 Å². The zero-order chi connectivity index (χ0) is 17.6. The van der Waals surface area contributed by atoms with Crippen LogP contribution in [0.5, 0.6) is 11.5 Å². The summed E-state index contributed by atoms with van der Waals surface area (Å²) in [5, 5.41) is 3.70. The molecule has 2 aliphatic rings. The van der Waals surface area contributed by atoms with Crippen LogP contribution >= 0.6 is 11.6 Å². The van der Waals surface area contributed by atoms with Gasteiger partial charge in [-0.3, -0.25) is 4.90 Å². The average molecular weight is 359 g/mol. The molecule has 2 bridgehead atoms. The predicted octanol–water partition coefficient (Wildman–Crippen LogP) is 4.51. The number of anilines is 1. The number of benzene rings is 2. The maximum Gasteiger partial charge on any atom is 0.325 e. The van der Waals surface area contributed by atoms with Crippen molar-refractivity contribution in [2.75, 3.05) is 11.5 Å². The number of nitrogens with one attached hydrogen (secondary N) is 1. The summed E-state index contributed by atoms with van der Waals surface area (Å²) in [4.78, 5) is 14.5. The number of carbonyl (C=O) groups excluding carboxylic acids is 1. The molecule has 6 heteroatoms. The zero-order valence-electron chi connectivity index (χ0n) is 14.1. The van der Waals surface area contributed by atoms with Crippen LogP contribution in [0.25, 0.3) is 0 Å². The molecule has 0 saturated carbocycles. The van der Waals surface area contributed by atoms with Crippen molar-refractivity contribution < 1.29 is 14.3 Å². The highest BCUT2D eigenvalue weighted by Gasteiger charge is 2.49. The Morgan fingerprint density at radius 1 is 1.32 bits per heavy atom. The average Bonchev–Trinajstić information content (AvgIpc) is 2.57. The van der Waals surface area contributed by atoms with Crippen molar-refractivity contribution in [2.45, 2.75) is 32.0 Å². The number of ether oxygens (including phenoxy) is 2. The van der Waals surface area contributed by atoms with Gasteiger partial charge in [0.25, 0.3) is 0 Å². The van der Waals surface area contributed by atoms with E-state index in [1.807, 2.05) is 50.2 Å². The second-order valence-electron chi connectivity index (χ2n) is 6.43. The Kier molecular flexibility index (Phi) is 3.76. The van der Waals surface area contributed by atoms with Crippen molar-refractivity contribution in [3.63, 3.8) is 0 Å². The summed E-state index contributed by atoms with van der Waals surface area (Å²) in [5.41, 5.74) is 0.921. The van der Waals surface area contributed by atoms with E-state index in [9.17, 15) is 4.79 Å². The van der Waals surface area contributed by atoms with Gasteiger partial charge in [-0.1, -0.05) is 11.6 Å². The van der Waals surface area contributed by atoms with Gasteiger partial charge in [0.2, 0.25) is 0 Å². The molecule has 2 atom stereocenters. The minimum Gasteiger partial charge on any atom is -0.494 e. The molecule has 4 rings (SSSR count). The van der Waals surface area contributed by atoms with Gasteiger partial charge in [-0.05, 0) is 56.3 Å². The molecule has 0 aromatic heterocycles. The van der Waals surface area contributed by atoms with Gasteiger partial charge in [-0.2, -0.15) is 0 Å². The van der Waals surface area contributed by atoms with E-state index in [0.29, 0.717) is 18.1 Å². The smallest absolute Gasteiger partial charge is 0.325 e. The standard InChI is InChI=1S/C19H19ClN2O3/c1-3-24-14-7-5-13(6-8-14)22-18(23)21-16-11-19(22,2)25-17-9-4-12(20)10-15(16)17/h4-10,16H,3,11H2,1-2H3,(H,21,23)/t16-,19-/m0/s1. The van der Waals surface area contributed by atoms with Gasteiger partial charge in [-0.25, -0.2) is 4.79 Å². The lowest BCUT2D eigenvalue weighted by molar-refractivity contribution is 0.0379. The first-order valence-corrected chi connectivity index (χ1v) is 8.70. The minimum absolute atomic E-state index is 0.112. The lowest BCUT2D eigenvalue weighted by atomic mass is 9.90. The lowest BCUT2D eigenvalue weighted by Gasteiger charge is -2.50. The van der Waals surface area contributed by atoms with E-state index < -0.39 is 5.72 Å². The molecule has 5 nitrogen and oxygen atoms in total. The van der Waals surface area contributed by atoms with Crippen LogP contribution in [0.2, 0.25) is 5.02 Å². The molecule has 2 aliphatic heterocycles. The number of rotatable bonds is 3. The highest BCUT2D eigenvalue weighted by molar-refractivity contribution is 6.30. The van der Waals surface area contributed by atoms with Crippen molar-refractivity contribution in [2.24, 2.45) is 0 Å². The topological polar surface area (TPSA) is 50.8 Å². The molecule has 2 aromatic rings. The van der Waals surface area contributed by atoms with Crippen molar-refractivity contribution in [1.82, 2.24) is 5.32 Å². The maximum atomic E-state index is 12.8. The predicted molar refractivity (Wildman–Crippen MR) is 96.5 cm³/mol. The van der Waals surface area contributed by atoms with Crippen molar-refractivity contribution in [3.05, 3.63) is 53.1 Å². The van der Waals surface area contributed by atoms with Gasteiger partial charge < -0.3 is 14.8 Å². The van der Waals surface area contributed by atoms with Crippen LogP contribution in [0.4, 0.5) is 10.5 Å². The van der Waals surface area contributed by atoms with Crippen LogP contribution in [-0.2, 0) is 0 Å². The lowest BCUT2D eigenvalue weighted by Crippen LogP contribution is -2.65. The van der Waals surface area contributed by atoms with Gasteiger partial charge in [0.1, 0.15) is 11.5 Å². The Balaban J connectivity index is 1.71. The summed E-state index contributed by atoms with van der Waals surface area (Å²) in [6.07, 6.45) is 0.638. The molecular formula is C19H19ClN2O3. The Bertz CT molecular complexity index is 824. The normalized spacial score (nSPS) is 24.2. The van der Waals surface area contributed by atoms with E-state index in [1.165, 1.54) is 0 Å². The number of nitrogens with zero attached hydrogens (tertiary/aromatic N) is 1. The summed E-state index contributed by atoms with van der Waals surface area (Å²) in [6.45, 7) is 4.48. The number of carbonyl (C=O) groups is 1. The SMILES string of the molecule is CCOc1ccc(N2C(=O)N[C@H]3C[C@]2(C)Oc2ccc(Cl)cc23)cc1. The summed E-state index contributed by atoms with van der Waals surface area (Å²) in [5.74, 6) is 1.52. The van der Waals surface area contributed by atoms with Crippen LogP contribution in [0.15, 0.2) is 42.5 Å². The molecule has 2 aromatic carbocycles. The molecule has 0 radical (unpaired) electrons. The van der Waals surface area contributed by atoms with Crippen LogP contribution in [0, 0.1) is 0 Å². The van der Waals surface area contributed by atoms with Gasteiger partial charge in [0.05, 0.1) is 12.6 Å². The van der Waals surface area contributed by atoms with Crippen molar-refractivity contribution in [3.8, 4) is 11.5 Å². The number of urea groups is 1. The molecule has 2 amide bonds. The Morgan fingerprint density at radius 3 is 2.80 bits per heavy atom. The van der Waals surface area contributed by atoms with Crippen LogP contribution in [-0.4, -0.2) is 18.4 Å². The molecule has 130 valence electrons. The summed E-state index contributed by atoms with van der Waals surface area (Å²) in [7, 11) is 0. The number of fused-ring (bicyclic) bond motifs is 4. The molecule has 0 aliphatic carbocycles. The van der Waals surface area contributed by atoms with Gasteiger partial charge in [-0.15, -0.1) is 0 Å². The highest BCUT2D eigenvalue weighted by Crippen LogP contribution is 2.46. The number of amides is 2. The van der Waals surface area contributed by atoms with Gasteiger partial charge >= 0.3 is 6.03 Å². The quantitative estimate of drug-likeness (QED) is 0.878. The molecule has 1 N–H and O–H groups in total. The maximum absolute atomic E-state index is 12.8. The monoisotopic (exact) mass is 358 g/mol. The van der Waals surface area contributed by atoms with E-state index in [-0.39, 0.29) is 12.1 Å². The number of hydrogen-bond donors (Lipinski definition) is 1. The number of halogens is 1. The fourth-order valence-corrected chi connectivity index (χ4v) is 3.77. The van der Waals surface area contributed by atoms with Gasteiger partial charge in [0.15, 0.2) is 5.72 Å². The largest absolute Gasteiger partial charge is 0.494 e. The fraction of sp³-hybridized carbons (Fsp3) is 0.316.